The first kappa shape index (κ1) is 20.4. The average molecular weight is 341 g/mol. The van der Waals surface area contributed by atoms with Crippen molar-refractivity contribution in [3.8, 4) is 0 Å². The van der Waals surface area contributed by atoms with E-state index in [0.29, 0.717) is 13.0 Å². The van der Waals surface area contributed by atoms with Crippen LogP contribution in [-0.2, 0) is 19.1 Å². The Balaban J connectivity index is 3.01. The van der Waals surface area contributed by atoms with Gasteiger partial charge < -0.3 is 20.3 Å². The smallest absolute Gasteiger partial charge is 0.328 e. The Morgan fingerprint density at radius 3 is 2.21 bits per heavy atom. The summed E-state index contributed by atoms with van der Waals surface area (Å²) in [6, 6.07) is -1.86. The molecule has 24 heavy (non-hydrogen) atoms. The van der Waals surface area contributed by atoms with Gasteiger partial charge in [-0.15, -0.1) is 0 Å². The van der Waals surface area contributed by atoms with Crippen LogP contribution in [0.5, 0.6) is 0 Å². The van der Waals surface area contributed by atoms with Crippen LogP contribution in [0.1, 0.15) is 40.5 Å². The fraction of sp³-hybridized carbons (Fsp3) is 0.824. The standard InChI is InChI=1S/C17H31N3O4/c1-10(2)13(18)15(21)19(5)14(11(3)4)16(22)20-9-7-8-12(20)17(23)24-6/h10-14H,7-9,18H2,1-6H3/t12-,13-,14-/m0/s1. The average Bonchev–Trinajstić information content (AvgIpc) is 3.01. The molecule has 0 spiro atoms. The normalized spacial score (nSPS) is 20.2. The Bertz CT molecular complexity index is 478. The predicted octanol–water partition coefficient (Wildman–Crippen LogP) is 0.617. The van der Waals surface area contributed by atoms with Crippen LogP contribution in [0.3, 0.4) is 0 Å². The zero-order valence-corrected chi connectivity index (χ0v) is 15.6. The first-order valence-electron chi connectivity index (χ1n) is 8.54. The number of carbonyl (C=O) groups is 3. The van der Waals surface area contributed by atoms with Gasteiger partial charge >= 0.3 is 5.97 Å². The van der Waals surface area contributed by atoms with Gasteiger partial charge in [-0.25, -0.2) is 4.79 Å². The van der Waals surface area contributed by atoms with Crippen molar-refractivity contribution in [3.05, 3.63) is 0 Å². The second-order valence-corrected chi connectivity index (χ2v) is 7.12. The van der Waals surface area contributed by atoms with E-state index in [9.17, 15) is 14.4 Å². The summed E-state index contributed by atoms with van der Waals surface area (Å²) in [7, 11) is 2.93. The van der Waals surface area contributed by atoms with Gasteiger partial charge in [0, 0.05) is 13.6 Å². The lowest BCUT2D eigenvalue weighted by molar-refractivity contribution is -0.155. The molecule has 1 aliphatic rings. The third-order valence-corrected chi connectivity index (χ3v) is 4.66. The Hall–Kier alpha value is -1.63. The minimum Gasteiger partial charge on any atom is -0.467 e. The Morgan fingerprint density at radius 2 is 1.75 bits per heavy atom. The maximum Gasteiger partial charge on any atom is 0.328 e. The van der Waals surface area contributed by atoms with Gasteiger partial charge in [0.2, 0.25) is 11.8 Å². The van der Waals surface area contributed by atoms with E-state index in [4.69, 9.17) is 10.5 Å². The summed E-state index contributed by atoms with van der Waals surface area (Å²) in [5.41, 5.74) is 5.96. The van der Waals surface area contributed by atoms with Gasteiger partial charge in [0.05, 0.1) is 13.2 Å². The van der Waals surface area contributed by atoms with Crippen LogP contribution < -0.4 is 5.73 Å². The van der Waals surface area contributed by atoms with Gasteiger partial charge in [0.1, 0.15) is 12.1 Å². The molecule has 7 heteroatoms. The van der Waals surface area contributed by atoms with Crippen molar-refractivity contribution >= 4 is 17.8 Å². The molecule has 0 unspecified atom stereocenters. The van der Waals surface area contributed by atoms with Crippen LogP contribution in [0.4, 0.5) is 0 Å². The largest absolute Gasteiger partial charge is 0.467 e. The number of hydrogen-bond acceptors (Lipinski definition) is 5. The SMILES string of the molecule is COC(=O)[C@@H]1CCCN1C(=O)[C@H](C(C)C)N(C)C(=O)[C@@H](N)C(C)C. The molecule has 1 rings (SSSR count). The molecule has 3 atom stereocenters. The molecule has 138 valence electrons. The molecule has 1 aliphatic heterocycles. The van der Waals surface area contributed by atoms with Gasteiger partial charge in [-0.05, 0) is 24.7 Å². The number of methoxy groups -OCH3 is 1. The Labute approximate surface area is 144 Å². The highest BCUT2D eigenvalue weighted by atomic mass is 16.5. The molecule has 1 fully saturated rings. The highest BCUT2D eigenvalue weighted by molar-refractivity contribution is 5.92. The molecule has 0 radical (unpaired) electrons. The minimum atomic E-state index is -0.654. The first-order chi connectivity index (χ1) is 11.1. The number of hydrogen-bond donors (Lipinski definition) is 1. The van der Waals surface area contributed by atoms with E-state index >= 15 is 0 Å². The fourth-order valence-corrected chi connectivity index (χ4v) is 3.14. The van der Waals surface area contributed by atoms with Crippen molar-refractivity contribution in [1.29, 1.82) is 0 Å². The zero-order chi connectivity index (χ0) is 18.6. The predicted molar refractivity (Wildman–Crippen MR) is 91.0 cm³/mol. The minimum absolute atomic E-state index is 0.0162. The highest BCUT2D eigenvalue weighted by Crippen LogP contribution is 2.23. The van der Waals surface area contributed by atoms with E-state index in [2.05, 4.69) is 0 Å². The van der Waals surface area contributed by atoms with Crippen LogP contribution in [-0.4, -0.2) is 66.4 Å². The number of carbonyl (C=O) groups excluding carboxylic acids is 3. The number of nitrogens with zero attached hydrogens (tertiary/aromatic N) is 2. The van der Waals surface area contributed by atoms with Crippen molar-refractivity contribution in [2.45, 2.75) is 58.7 Å². The van der Waals surface area contributed by atoms with E-state index in [1.165, 1.54) is 12.0 Å². The molecule has 1 heterocycles. The second kappa shape index (κ2) is 8.46. The Kier molecular flexibility index (Phi) is 7.20. The van der Waals surface area contributed by atoms with Crippen molar-refractivity contribution in [1.82, 2.24) is 9.80 Å². The van der Waals surface area contributed by atoms with Crippen molar-refractivity contribution in [3.63, 3.8) is 0 Å². The van der Waals surface area contributed by atoms with Crippen LogP contribution >= 0.6 is 0 Å². The molecule has 0 aromatic rings. The number of esters is 1. The molecule has 0 aliphatic carbocycles. The molecule has 0 aromatic heterocycles. The van der Waals surface area contributed by atoms with Crippen LogP contribution in [0.2, 0.25) is 0 Å². The molecule has 2 N–H and O–H groups in total. The summed E-state index contributed by atoms with van der Waals surface area (Å²) < 4.78 is 4.80. The molecule has 0 aromatic carbocycles. The number of likely N-dealkylation sites (N-methyl/N-ethyl adjacent to an activating group) is 1. The lowest BCUT2D eigenvalue weighted by Crippen LogP contribution is -2.57. The summed E-state index contributed by atoms with van der Waals surface area (Å²) in [5, 5.41) is 0. The number of rotatable bonds is 6. The zero-order valence-electron chi connectivity index (χ0n) is 15.6. The van der Waals surface area contributed by atoms with Gasteiger partial charge in [-0.1, -0.05) is 27.7 Å². The van der Waals surface area contributed by atoms with E-state index in [1.54, 1.807) is 11.9 Å². The van der Waals surface area contributed by atoms with Crippen molar-refractivity contribution in [2.75, 3.05) is 20.7 Å². The molecule has 2 amide bonds. The maximum absolute atomic E-state index is 13.0. The molecular formula is C17H31N3O4. The van der Waals surface area contributed by atoms with Gasteiger partial charge in [0.15, 0.2) is 0 Å². The van der Waals surface area contributed by atoms with Crippen molar-refractivity contribution in [2.24, 2.45) is 17.6 Å². The summed E-state index contributed by atoms with van der Waals surface area (Å²) in [6.45, 7) is 8.01. The molecule has 1 saturated heterocycles. The highest BCUT2D eigenvalue weighted by Gasteiger charge is 2.41. The molecular weight excluding hydrogens is 310 g/mol. The van der Waals surface area contributed by atoms with Crippen LogP contribution in [0.25, 0.3) is 0 Å². The van der Waals surface area contributed by atoms with Crippen LogP contribution in [0.15, 0.2) is 0 Å². The van der Waals surface area contributed by atoms with E-state index < -0.39 is 24.1 Å². The van der Waals surface area contributed by atoms with Crippen LogP contribution in [0, 0.1) is 11.8 Å². The van der Waals surface area contributed by atoms with Gasteiger partial charge in [0.25, 0.3) is 0 Å². The summed E-state index contributed by atoms with van der Waals surface area (Å²) in [6.07, 6.45) is 1.34. The van der Waals surface area contributed by atoms with E-state index in [0.717, 1.165) is 6.42 Å². The topological polar surface area (TPSA) is 92.9 Å². The van der Waals surface area contributed by atoms with Gasteiger partial charge in [-0.3, -0.25) is 9.59 Å². The van der Waals surface area contributed by atoms with E-state index in [-0.39, 0.29) is 23.7 Å². The number of amides is 2. The van der Waals surface area contributed by atoms with Gasteiger partial charge in [-0.2, -0.15) is 0 Å². The third-order valence-electron chi connectivity index (χ3n) is 4.66. The maximum atomic E-state index is 13.0. The summed E-state index contributed by atoms with van der Waals surface area (Å²) >= 11 is 0. The second-order valence-electron chi connectivity index (χ2n) is 7.12. The number of likely N-dealkylation sites (tertiary alicyclic amines) is 1. The van der Waals surface area contributed by atoms with Crippen molar-refractivity contribution < 1.29 is 19.1 Å². The number of ether oxygens (including phenoxy) is 1. The summed E-state index contributed by atoms with van der Waals surface area (Å²) in [5.74, 6) is -0.992. The third kappa shape index (κ3) is 4.26. The first-order valence-corrected chi connectivity index (χ1v) is 8.54. The molecule has 0 bridgehead atoms. The molecule has 0 saturated carbocycles. The van der Waals surface area contributed by atoms with E-state index in [1.807, 2.05) is 27.7 Å². The number of nitrogens with two attached hydrogens (primary N) is 1. The fourth-order valence-electron chi connectivity index (χ4n) is 3.14. The Morgan fingerprint density at radius 1 is 1.17 bits per heavy atom. The molecule has 7 nitrogen and oxygen atoms in total. The quantitative estimate of drug-likeness (QED) is 0.715. The summed E-state index contributed by atoms with van der Waals surface area (Å²) in [4.78, 5) is 40.5. The lowest BCUT2D eigenvalue weighted by atomic mass is 9.98. The lowest BCUT2D eigenvalue weighted by Gasteiger charge is -2.36. The monoisotopic (exact) mass is 341 g/mol.